The van der Waals surface area contributed by atoms with Crippen LogP contribution in [0.25, 0.3) is 0 Å². The first kappa shape index (κ1) is 24.7. The Morgan fingerprint density at radius 3 is 2.55 bits per heavy atom. The molecule has 33 heavy (non-hydrogen) atoms. The number of benzene rings is 1. The second-order valence-corrected chi connectivity index (χ2v) is 8.95. The van der Waals surface area contributed by atoms with Crippen LogP contribution in [0.4, 0.5) is 0 Å². The molecule has 0 spiro atoms. The van der Waals surface area contributed by atoms with E-state index in [1.165, 1.54) is 5.01 Å². The molecule has 1 aromatic carbocycles. The zero-order chi connectivity index (χ0) is 24.0. The third kappa shape index (κ3) is 5.72. The normalized spacial score (nSPS) is 15.5. The maximum absolute atomic E-state index is 13.5. The zero-order valence-corrected chi connectivity index (χ0v) is 20.6. The van der Waals surface area contributed by atoms with Crippen LogP contribution in [0.1, 0.15) is 36.8 Å². The first-order chi connectivity index (χ1) is 15.9. The number of thiophene rings is 1. The van der Waals surface area contributed by atoms with Crippen LogP contribution in [0.3, 0.4) is 0 Å². The number of rotatable bonds is 10. The second kappa shape index (κ2) is 11.3. The molecule has 0 bridgehead atoms. The summed E-state index contributed by atoms with van der Waals surface area (Å²) in [5, 5.41) is 8.18. The number of carbonyl (C=O) groups is 2. The number of nitrogens with zero attached hydrogens (tertiary/aromatic N) is 3. The second-order valence-electron chi connectivity index (χ2n) is 8.00. The summed E-state index contributed by atoms with van der Waals surface area (Å²) in [6, 6.07) is 9.27. The van der Waals surface area contributed by atoms with Crippen molar-refractivity contribution in [1.29, 1.82) is 0 Å². The van der Waals surface area contributed by atoms with Crippen molar-refractivity contribution < 1.29 is 23.8 Å². The van der Waals surface area contributed by atoms with Crippen LogP contribution in [0, 0.1) is 5.92 Å². The molecule has 0 radical (unpaired) electrons. The number of methoxy groups -OCH3 is 3. The molecule has 3 rings (SSSR count). The maximum Gasteiger partial charge on any atom is 0.262 e. The van der Waals surface area contributed by atoms with Crippen molar-refractivity contribution in [2.24, 2.45) is 11.0 Å². The lowest BCUT2D eigenvalue weighted by Crippen LogP contribution is -2.44. The predicted molar refractivity (Wildman–Crippen MR) is 128 cm³/mol. The minimum Gasteiger partial charge on any atom is -0.493 e. The summed E-state index contributed by atoms with van der Waals surface area (Å²) in [6.45, 7) is 4.28. The Kier molecular flexibility index (Phi) is 8.46. The minimum absolute atomic E-state index is 0.0641. The monoisotopic (exact) mass is 473 g/mol. The lowest BCUT2D eigenvalue weighted by atomic mass is 10.0. The average Bonchev–Trinajstić information content (AvgIpc) is 3.50. The fourth-order valence-electron chi connectivity index (χ4n) is 3.72. The Hall–Kier alpha value is -2.91. The minimum atomic E-state index is -0.312. The molecular formula is C24H31N3O5S. The fourth-order valence-corrected chi connectivity index (χ4v) is 4.44. The lowest BCUT2D eigenvalue weighted by molar-refractivity contribution is -0.143. The van der Waals surface area contributed by atoms with Crippen molar-refractivity contribution in [2.75, 3.05) is 41.0 Å². The van der Waals surface area contributed by atoms with Gasteiger partial charge in [0.05, 0.1) is 37.5 Å². The average molecular weight is 474 g/mol. The smallest absolute Gasteiger partial charge is 0.262 e. The van der Waals surface area contributed by atoms with E-state index in [9.17, 15) is 9.59 Å². The molecule has 1 aliphatic heterocycles. The van der Waals surface area contributed by atoms with Gasteiger partial charge in [-0.1, -0.05) is 26.0 Å². The summed E-state index contributed by atoms with van der Waals surface area (Å²) in [4.78, 5) is 28.7. The summed E-state index contributed by atoms with van der Waals surface area (Å²) in [7, 11) is 4.74. The van der Waals surface area contributed by atoms with E-state index >= 15 is 0 Å². The molecule has 2 heterocycles. The summed E-state index contributed by atoms with van der Waals surface area (Å²) < 4.78 is 16.0. The van der Waals surface area contributed by atoms with E-state index in [0.717, 1.165) is 16.2 Å². The van der Waals surface area contributed by atoms with Crippen molar-refractivity contribution in [2.45, 2.75) is 26.3 Å². The van der Waals surface area contributed by atoms with E-state index in [1.807, 2.05) is 49.6 Å². The molecule has 1 aromatic heterocycles. The van der Waals surface area contributed by atoms with Gasteiger partial charge in [0.15, 0.2) is 11.5 Å². The highest BCUT2D eigenvalue weighted by Gasteiger charge is 2.35. The molecular weight excluding hydrogens is 442 g/mol. The van der Waals surface area contributed by atoms with Crippen molar-refractivity contribution in [3.63, 3.8) is 0 Å². The van der Waals surface area contributed by atoms with Gasteiger partial charge in [-0.25, -0.2) is 5.01 Å². The largest absolute Gasteiger partial charge is 0.493 e. The van der Waals surface area contributed by atoms with E-state index < -0.39 is 0 Å². The van der Waals surface area contributed by atoms with E-state index in [2.05, 4.69) is 0 Å². The first-order valence-corrected chi connectivity index (χ1v) is 11.7. The molecule has 2 amide bonds. The van der Waals surface area contributed by atoms with Crippen LogP contribution in [-0.2, 0) is 14.3 Å². The molecule has 1 aliphatic rings. The molecule has 0 saturated carbocycles. The van der Waals surface area contributed by atoms with E-state index in [0.29, 0.717) is 31.1 Å². The summed E-state index contributed by atoms with van der Waals surface area (Å²) in [5.74, 6) is 0.643. The maximum atomic E-state index is 13.5. The predicted octanol–water partition coefficient (Wildman–Crippen LogP) is 3.57. The van der Waals surface area contributed by atoms with Crippen LogP contribution < -0.4 is 9.47 Å². The first-order valence-electron chi connectivity index (χ1n) is 10.8. The van der Waals surface area contributed by atoms with E-state index in [1.54, 1.807) is 37.6 Å². The summed E-state index contributed by atoms with van der Waals surface area (Å²) in [5.41, 5.74) is 1.73. The van der Waals surface area contributed by atoms with Gasteiger partial charge in [0, 0.05) is 26.0 Å². The molecule has 178 valence electrons. The molecule has 2 aromatic rings. The Labute approximate surface area is 198 Å². The van der Waals surface area contributed by atoms with E-state index in [4.69, 9.17) is 19.3 Å². The van der Waals surface area contributed by atoms with E-state index in [-0.39, 0.29) is 30.3 Å². The highest BCUT2D eigenvalue weighted by atomic mass is 32.1. The highest BCUT2D eigenvalue weighted by Crippen LogP contribution is 2.38. The fraction of sp³-hybridized carbons (Fsp3) is 0.458. The number of amides is 2. The number of hydrogen-bond donors (Lipinski definition) is 0. The standard InChI is InChI=1S/C24H31N3O5S/c1-16(2)24(29)26(10-11-30-3)15-23(28)27-19(14-18(25-27)22-7-6-12-33-22)17-8-9-20(31-4)21(13-17)32-5/h6-9,12-13,16,19H,10-11,14-15H2,1-5H3/t19-/m1/s1. The van der Waals surface area contributed by atoms with Gasteiger partial charge in [-0.05, 0) is 29.1 Å². The van der Waals surface area contributed by atoms with Crippen LogP contribution in [-0.4, -0.2) is 68.5 Å². The van der Waals surface area contributed by atoms with Gasteiger partial charge in [-0.3, -0.25) is 9.59 Å². The Morgan fingerprint density at radius 2 is 1.94 bits per heavy atom. The molecule has 9 heteroatoms. The van der Waals surface area contributed by atoms with Gasteiger partial charge in [0.2, 0.25) is 5.91 Å². The van der Waals surface area contributed by atoms with Crippen LogP contribution in [0.2, 0.25) is 0 Å². The topological polar surface area (TPSA) is 80.7 Å². The molecule has 0 fully saturated rings. The highest BCUT2D eigenvalue weighted by molar-refractivity contribution is 7.12. The number of hydrogen-bond acceptors (Lipinski definition) is 7. The van der Waals surface area contributed by atoms with Crippen molar-refractivity contribution in [3.05, 3.63) is 46.2 Å². The Bertz CT molecular complexity index is 990. The molecule has 0 unspecified atom stereocenters. The Morgan fingerprint density at radius 1 is 1.18 bits per heavy atom. The molecule has 8 nitrogen and oxygen atoms in total. The lowest BCUT2D eigenvalue weighted by Gasteiger charge is -2.28. The number of ether oxygens (including phenoxy) is 3. The van der Waals surface area contributed by atoms with Crippen molar-refractivity contribution >= 4 is 28.9 Å². The van der Waals surface area contributed by atoms with Gasteiger partial charge >= 0.3 is 0 Å². The van der Waals surface area contributed by atoms with Crippen LogP contribution in [0.15, 0.2) is 40.8 Å². The van der Waals surface area contributed by atoms with Crippen LogP contribution in [0.5, 0.6) is 11.5 Å². The van der Waals surface area contributed by atoms with Gasteiger partial charge in [0.1, 0.15) is 6.54 Å². The SMILES string of the molecule is COCCN(CC(=O)N1N=C(c2cccs2)C[C@@H]1c1ccc(OC)c(OC)c1)C(=O)C(C)C. The summed E-state index contributed by atoms with van der Waals surface area (Å²) >= 11 is 1.58. The third-order valence-corrected chi connectivity index (χ3v) is 6.38. The van der Waals surface area contributed by atoms with Gasteiger partial charge in [-0.15, -0.1) is 11.3 Å². The molecule has 0 saturated heterocycles. The third-order valence-electron chi connectivity index (χ3n) is 5.46. The molecule has 0 N–H and O–H groups in total. The zero-order valence-electron chi connectivity index (χ0n) is 19.7. The van der Waals surface area contributed by atoms with Gasteiger partial charge < -0.3 is 19.1 Å². The van der Waals surface area contributed by atoms with Crippen molar-refractivity contribution in [1.82, 2.24) is 9.91 Å². The van der Waals surface area contributed by atoms with Crippen molar-refractivity contribution in [3.8, 4) is 11.5 Å². The van der Waals surface area contributed by atoms with Crippen LogP contribution >= 0.6 is 11.3 Å². The molecule has 1 atom stereocenters. The number of hydrazone groups is 1. The quantitative estimate of drug-likeness (QED) is 0.527. The Balaban J connectivity index is 1.91. The summed E-state index contributed by atoms with van der Waals surface area (Å²) in [6.07, 6.45) is 0.567. The number of carbonyl (C=O) groups excluding carboxylic acids is 2. The molecule has 0 aliphatic carbocycles. The van der Waals surface area contributed by atoms with Gasteiger partial charge in [-0.2, -0.15) is 5.10 Å². The van der Waals surface area contributed by atoms with Gasteiger partial charge in [0.25, 0.3) is 5.91 Å².